The van der Waals surface area contributed by atoms with Crippen LogP contribution in [0, 0.1) is 18.6 Å². The number of hydrogen-bond acceptors (Lipinski definition) is 3. The lowest BCUT2D eigenvalue weighted by molar-refractivity contribution is 0.308. The van der Waals surface area contributed by atoms with Gasteiger partial charge in [0.15, 0.2) is 4.77 Å². The van der Waals surface area contributed by atoms with Gasteiger partial charge in [-0.2, -0.15) is 5.10 Å². The summed E-state index contributed by atoms with van der Waals surface area (Å²) in [4.78, 5) is 0. The summed E-state index contributed by atoms with van der Waals surface area (Å²) in [6.45, 7) is 7.51. The molecule has 1 heterocycles. The number of hydrogen-bond donors (Lipinski definition) is 1. The molecule has 1 aromatic heterocycles. The van der Waals surface area contributed by atoms with Crippen molar-refractivity contribution in [1.82, 2.24) is 14.8 Å². The van der Waals surface area contributed by atoms with Crippen LogP contribution in [0.3, 0.4) is 0 Å². The third-order valence-corrected chi connectivity index (χ3v) is 4.28. The fraction of sp³-hybridized carbons (Fsp3) is 0.467. The lowest BCUT2D eigenvalue weighted by Gasteiger charge is -2.10. The third kappa shape index (κ3) is 3.86. The molecule has 0 spiro atoms. The fourth-order valence-corrected chi connectivity index (χ4v) is 2.67. The minimum absolute atomic E-state index is 0.643. The van der Waals surface area contributed by atoms with Gasteiger partial charge in [0.25, 0.3) is 0 Å². The summed E-state index contributed by atoms with van der Waals surface area (Å²) in [5.74, 6) is 1.85. The molecule has 0 saturated heterocycles. The highest BCUT2D eigenvalue weighted by Gasteiger charge is 2.06. The van der Waals surface area contributed by atoms with Crippen LogP contribution in [0.15, 0.2) is 12.1 Å². The first-order valence-electron chi connectivity index (χ1n) is 7.06. The SMILES string of the molecule is CCn1c(CCCOc2cc(C)c(Cl)c(C)c2)n[nH]c1=S. The van der Waals surface area contributed by atoms with E-state index in [9.17, 15) is 0 Å². The van der Waals surface area contributed by atoms with Crippen molar-refractivity contribution in [2.75, 3.05) is 6.61 Å². The molecule has 0 aliphatic heterocycles. The van der Waals surface area contributed by atoms with E-state index >= 15 is 0 Å². The topological polar surface area (TPSA) is 42.8 Å². The molecule has 0 aliphatic carbocycles. The minimum Gasteiger partial charge on any atom is -0.494 e. The van der Waals surface area contributed by atoms with Crippen molar-refractivity contribution in [3.63, 3.8) is 0 Å². The molecule has 6 heteroatoms. The molecule has 1 aromatic carbocycles. The van der Waals surface area contributed by atoms with Crippen LogP contribution in [0.5, 0.6) is 5.75 Å². The zero-order chi connectivity index (χ0) is 15.4. The van der Waals surface area contributed by atoms with Gasteiger partial charge >= 0.3 is 0 Å². The second-order valence-electron chi connectivity index (χ2n) is 5.01. The number of nitrogens with zero attached hydrogens (tertiary/aromatic N) is 2. The number of rotatable bonds is 6. The summed E-state index contributed by atoms with van der Waals surface area (Å²) < 4.78 is 8.48. The summed E-state index contributed by atoms with van der Waals surface area (Å²) in [7, 11) is 0. The van der Waals surface area contributed by atoms with Gasteiger partial charge in [-0.05, 0) is 62.7 Å². The number of halogens is 1. The molecule has 0 radical (unpaired) electrons. The maximum Gasteiger partial charge on any atom is 0.195 e. The van der Waals surface area contributed by atoms with Gasteiger partial charge < -0.3 is 9.30 Å². The molecular formula is C15H20ClN3OS. The Labute approximate surface area is 135 Å². The average Bonchev–Trinajstić information content (AvgIpc) is 2.81. The molecule has 2 aromatic rings. The van der Waals surface area contributed by atoms with Crippen LogP contribution in [-0.4, -0.2) is 21.4 Å². The predicted molar refractivity (Wildman–Crippen MR) is 87.8 cm³/mol. The molecule has 0 fully saturated rings. The molecule has 0 amide bonds. The Morgan fingerprint density at radius 2 is 2.00 bits per heavy atom. The van der Waals surface area contributed by atoms with Crippen molar-refractivity contribution in [2.45, 2.75) is 40.2 Å². The van der Waals surface area contributed by atoms with Gasteiger partial charge in [0.2, 0.25) is 0 Å². The molecule has 2 rings (SSSR count). The Hall–Kier alpha value is -1.33. The summed E-state index contributed by atoms with van der Waals surface area (Å²) in [5.41, 5.74) is 2.08. The molecule has 0 bridgehead atoms. The van der Waals surface area contributed by atoms with E-state index in [-0.39, 0.29) is 0 Å². The summed E-state index contributed by atoms with van der Waals surface area (Å²) in [6, 6.07) is 3.94. The standard InChI is InChI=1S/C15H20ClN3OS/c1-4-19-13(17-18-15(19)21)6-5-7-20-12-8-10(2)14(16)11(3)9-12/h8-9H,4-7H2,1-3H3,(H,18,21). The maximum absolute atomic E-state index is 6.15. The van der Waals surface area contributed by atoms with E-state index < -0.39 is 0 Å². The number of aromatic nitrogens is 3. The molecule has 4 nitrogen and oxygen atoms in total. The molecule has 0 saturated carbocycles. The van der Waals surface area contributed by atoms with Gasteiger partial charge in [-0.15, -0.1) is 0 Å². The van der Waals surface area contributed by atoms with Crippen molar-refractivity contribution >= 4 is 23.8 Å². The number of H-pyrrole nitrogens is 1. The fourth-order valence-electron chi connectivity index (χ4n) is 2.28. The summed E-state index contributed by atoms with van der Waals surface area (Å²) >= 11 is 11.3. The summed E-state index contributed by atoms with van der Waals surface area (Å²) in [6.07, 6.45) is 1.73. The molecule has 0 aliphatic rings. The highest BCUT2D eigenvalue weighted by Crippen LogP contribution is 2.25. The normalized spacial score (nSPS) is 10.9. The van der Waals surface area contributed by atoms with Gasteiger partial charge in [-0.3, -0.25) is 5.10 Å². The van der Waals surface area contributed by atoms with Crippen LogP contribution in [0.4, 0.5) is 0 Å². The van der Waals surface area contributed by atoms with Crippen molar-refractivity contribution < 1.29 is 4.74 Å². The largest absolute Gasteiger partial charge is 0.494 e. The maximum atomic E-state index is 6.15. The van der Waals surface area contributed by atoms with E-state index in [1.165, 1.54) is 0 Å². The Morgan fingerprint density at radius 3 is 2.62 bits per heavy atom. The van der Waals surface area contributed by atoms with Crippen molar-refractivity contribution in [2.24, 2.45) is 0 Å². The second-order valence-corrected chi connectivity index (χ2v) is 5.78. The average molecular weight is 326 g/mol. The highest BCUT2D eigenvalue weighted by molar-refractivity contribution is 7.71. The van der Waals surface area contributed by atoms with Crippen LogP contribution in [0.25, 0.3) is 0 Å². The first kappa shape index (κ1) is 16.0. The number of ether oxygens (including phenoxy) is 1. The zero-order valence-electron chi connectivity index (χ0n) is 12.6. The zero-order valence-corrected chi connectivity index (χ0v) is 14.1. The molecular weight excluding hydrogens is 306 g/mol. The van der Waals surface area contributed by atoms with Gasteiger partial charge in [0.05, 0.1) is 6.61 Å². The second kappa shape index (κ2) is 7.09. The van der Waals surface area contributed by atoms with Crippen LogP contribution in [-0.2, 0) is 13.0 Å². The first-order valence-corrected chi connectivity index (χ1v) is 7.85. The molecule has 114 valence electrons. The van der Waals surface area contributed by atoms with Crippen molar-refractivity contribution in [1.29, 1.82) is 0 Å². The van der Waals surface area contributed by atoms with Gasteiger partial charge in [-0.25, -0.2) is 0 Å². The van der Waals surface area contributed by atoms with Crippen molar-refractivity contribution in [3.8, 4) is 5.75 Å². The minimum atomic E-state index is 0.643. The van der Waals surface area contributed by atoms with Crippen LogP contribution in [0.2, 0.25) is 5.02 Å². The smallest absolute Gasteiger partial charge is 0.195 e. The van der Waals surface area contributed by atoms with Gasteiger partial charge in [0, 0.05) is 18.0 Å². The Balaban J connectivity index is 1.89. The molecule has 1 N–H and O–H groups in total. The van der Waals surface area contributed by atoms with E-state index in [4.69, 9.17) is 28.6 Å². The highest BCUT2D eigenvalue weighted by atomic mass is 35.5. The van der Waals surface area contributed by atoms with E-state index in [1.54, 1.807) is 0 Å². The lowest BCUT2D eigenvalue weighted by Crippen LogP contribution is -2.05. The number of nitrogens with one attached hydrogen (secondary N) is 1. The van der Waals surface area contributed by atoms with E-state index in [0.717, 1.165) is 47.1 Å². The van der Waals surface area contributed by atoms with Crippen LogP contribution >= 0.6 is 23.8 Å². The quantitative estimate of drug-likeness (QED) is 0.638. The summed E-state index contributed by atoms with van der Waals surface area (Å²) in [5, 5.41) is 7.88. The number of aryl methyl sites for hydroxylation is 3. The third-order valence-electron chi connectivity index (χ3n) is 3.38. The van der Waals surface area contributed by atoms with Crippen LogP contribution in [0.1, 0.15) is 30.3 Å². The van der Waals surface area contributed by atoms with Crippen molar-refractivity contribution in [3.05, 3.63) is 38.9 Å². The Kier molecular flexibility index (Phi) is 5.42. The Bertz CT molecular complexity index is 655. The van der Waals surface area contributed by atoms with Gasteiger partial charge in [0.1, 0.15) is 11.6 Å². The van der Waals surface area contributed by atoms with E-state index in [1.807, 2.05) is 30.5 Å². The van der Waals surface area contributed by atoms with Crippen LogP contribution < -0.4 is 4.74 Å². The predicted octanol–water partition coefficient (Wildman–Crippen LogP) is 4.24. The van der Waals surface area contributed by atoms with Gasteiger partial charge in [-0.1, -0.05) is 11.6 Å². The molecule has 21 heavy (non-hydrogen) atoms. The van der Waals surface area contributed by atoms with E-state index in [0.29, 0.717) is 11.4 Å². The first-order chi connectivity index (χ1) is 10.0. The lowest BCUT2D eigenvalue weighted by atomic mass is 10.1. The number of aromatic amines is 1. The number of benzene rings is 1. The molecule has 0 atom stereocenters. The molecule has 0 unspecified atom stereocenters. The van der Waals surface area contributed by atoms with E-state index in [2.05, 4.69) is 17.1 Å². The Morgan fingerprint density at radius 1 is 1.33 bits per heavy atom. The monoisotopic (exact) mass is 325 g/mol.